The van der Waals surface area contributed by atoms with Crippen LogP contribution in [-0.4, -0.2) is 47.1 Å². The van der Waals surface area contributed by atoms with E-state index in [1.54, 1.807) is 38.1 Å². The summed E-state index contributed by atoms with van der Waals surface area (Å²) in [5, 5.41) is 10.8. The highest BCUT2D eigenvalue weighted by atomic mass is 79.9. The van der Waals surface area contributed by atoms with Gasteiger partial charge >= 0.3 is 11.9 Å². The first kappa shape index (κ1) is 24.7. The van der Waals surface area contributed by atoms with Crippen molar-refractivity contribution in [1.29, 1.82) is 0 Å². The second-order valence-corrected chi connectivity index (χ2v) is 8.10. The Morgan fingerprint density at radius 1 is 1.14 bits per heavy atom. The zero-order valence-electron chi connectivity index (χ0n) is 16.2. The van der Waals surface area contributed by atoms with E-state index in [0.717, 1.165) is 4.47 Å². The lowest BCUT2D eigenvalue weighted by molar-refractivity contribution is -0.149. The van der Waals surface area contributed by atoms with Gasteiger partial charge in [0.15, 0.2) is 0 Å². The normalized spacial score (nSPS) is 13.4. The van der Waals surface area contributed by atoms with Crippen LogP contribution in [-0.2, 0) is 19.1 Å². The maximum atomic E-state index is 12.5. The zero-order valence-corrected chi connectivity index (χ0v) is 19.4. The van der Waals surface area contributed by atoms with E-state index in [1.807, 2.05) is 12.5 Å². The number of aliphatic imine (C=N–C) groups is 1. The summed E-state index contributed by atoms with van der Waals surface area (Å²) in [6, 6.07) is 6.90. The largest absolute Gasteiger partial charge is 0.465 e. The van der Waals surface area contributed by atoms with Gasteiger partial charge in [-0.2, -0.15) is 0 Å². The quantitative estimate of drug-likeness (QED) is 0.253. The first-order chi connectivity index (χ1) is 13.4. The van der Waals surface area contributed by atoms with Gasteiger partial charge in [-0.1, -0.05) is 28.1 Å². The van der Waals surface area contributed by atoms with Crippen LogP contribution in [0.15, 0.2) is 45.5 Å². The molecule has 0 bridgehead atoms. The summed E-state index contributed by atoms with van der Waals surface area (Å²) in [7, 11) is 0. The Kier molecular flexibility index (Phi) is 11.5. The van der Waals surface area contributed by atoms with Gasteiger partial charge in [-0.3, -0.25) is 4.79 Å². The van der Waals surface area contributed by atoms with Gasteiger partial charge in [0.1, 0.15) is 16.0 Å². The Morgan fingerprint density at radius 3 is 2.21 bits per heavy atom. The summed E-state index contributed by atoms with van der Waals surface area (Å²) in [4.78, 5) is 29.2. The summed E-state index contributed by atoms with van der Waals surface area (Å²) >= 11 is 6.07. The van der Waals surface area contributed by atoms with Gasteiger partial charge in [0.25, 0.3) is 0 Å². The van der Waals surface area contributed by atoms with Crippen molar-refractivity contribution in [2.75, 3.05) is 25.7 Å². The van der Waals surface area contributed by atoms with Gasteiger partial charge in [-0.25, -0.2) is 9.79 Å². The van der Waals surface area contributed by atoms with Crippen LogP contribution in [0.4, 0.5) is 0 Å². The third-order valence-electron chi connectivity index (χ3n) is 3.49. The molecule has 2 atom stereocenters. The molecule has 0 amide bonds. The standard InChI is InChI=1S/C19H24BrNO5S2/c1-5-25-17(23)14(16(22)12-7-9-13(20)10-8-12)11-15(18(24)26-6-2)21-19(27-3)28-4/h7-11,14,16,22H,5-6H2,1-4H3/b15-11-/t14-,16-/m1/s1. The van der Waals surface area contributed by atoms with Crippen molar-refractivity contribution in [1.82, 2.24) is 0 Å². The number of thioether (sulfide) groups is 2. The number of benzene rings is 1. The number of aliphatic hydroxyl groups is 1. The van der Waals surface area contributed by atoms with Crippen LogP contribution < -0.4 is 0 Å². The predicted molar refractivity (Wildman–Crippen MR) is 118 cm³/mol. The third kappa shape index (κ3) is 7.62. The lowest BCUT2D eigenvalue weighted by Gasteiger charge is -2.19. The minimum absolute atomic E-state index is 0.0465. The average molecular weight is 490 g/mol. The number of halogens is 1. The molecule has 0 fully saturated rings. The number of hydrogen-bond acceptors (Lipinski definition) is 8. The van der Waals surface area contributed by atoms with Crippen LogP contribution in [0.1, 0.15) is 25.5 Å². The molecule has 9 heteroatoms. The summed E-state index contributed by atoms with van der Waals surface area (Å²) in [6.45, 7) is 3.67. The molecule has 1 N–H and O–H groups in total. The summed E-state index contributed by atoms with van der Waals surface area (Å²) < 4.78 is 11.6. The third-order valence-corrected chi connectivity index (χ3v) is 5.90. The van der Waals surface area contributed by atoms with Crippen LogP contribution in [0.5, 0.6) is 0 Å². The van der Waals surface area contributed by atoms with Crippen molar-refractivity contribution in [3.8, 4) is 0 Å². The van der Waals surface area contributed by atoms with Crippen molar-refractivity contribution < 1.29 is 24.2 Å². The molecule has 0 unspecified atom stereocenters. The van der Waals surface area contributed by atoms with Gasteiger partial charge in [-0.15, -0.1) is 23.5 Å². The topological polar surface area (TPSA) is 85.2 Å². The fraction of sp³-hybridized carbons (Fsp3) is 0.421. The highest BCUT2D eigenvalue weighted by Gasteiger charge is 2.30. The Balaban J connectivity index is 3.41. The Morgan fingerprint density at radius 2 is 1.71 bits per heavy atom. The SMILES string of the molecule is CCOC(=O)/C(=C/[C@@H](C(=O)OCC)[C@H](O)c1ccc(Br)cc1)N=C(SC)SC. The monoisotopic (exact) mass is 489 g/mol. The van der Waals surface area contributed by atoms with E-state index >= 15 is 0 Å². The number of rotatable bonds is 8. The average Bonchev–Trinajstić information content (AvgIpc) is 2.68. The number of hydrogen-bond donors (Lipinski definition) is 1. The van der Waals surface area contributed by atoms with Crippen LogP contribution in [0.2, 0.25) is 0 Å². The molecule has 0 saturated heterocycles. The zero-order chi connectivity index (χ0) is 21.1. The van der Waals surface area contributed by atoms with E-state index in [4.69, 9.17) is 9.47 Å². The number of esters is 2. The Hall–Kier alpha value is -1.29. The second-order valence-electron chi connectivity index (χ2n) is 5.33. The van der Waals surface area contributed by atoms with E-state index in [2.05, 4.69) is 20.9 Å². The van der Waals surface area contributed by atoms with Crippen molar-refractivity contribution in [3.05, 3.63) is 46.1 Å². The number of carbonyl (C=O) groups is 2. The van der Waals surface area contributed by atoms with E-state index < -0.39 is 24.0 Å². The molecule has 1 aromatic rings. The second kappa shape index (κ2) is 13.0. The summed E-state index contributed by atoms with van der Waals surface area (Å²) in [5.41, 5.74) is 0.467. The molecule has 1 aromatic carbocycles. The maximum absolute atomic E-state index is 12.5. The lowest BCUT2D eigenvalue weighted by Crippen LogP contribution is -2.24. The fourth-order valence-electron chi connectivity index (χ4n) is 2.19. The predicted octanol–water partition coefficient (Wildman–Crippen LogP) is 4.19. The fourth-order valence-corrected chi connectivity index (χ4v) is 3.50. The van der Waals surface area contributed by atoms with Crippen molar-refractivity contribution in [2.45, 2.75) is 20.0 Å². The molecule has 0 aliphatic carbocycles. The molecular weight excluding hydrogens is 466 g/mol. The van der Waals surface area contributed by atoms with E-state index in [-0.39, 0.29) is 18.9 Å². The molecule has 0 heterocycles. The molecule has 0 saturated carbocycles. The number of carbonyl (C=O) groups excluding carboxylic acids is 2. The van der Waals surface area contributed by atoms with E-state index in [0.29, 0.717) is 9.94 Å². The van der Waals surface area contributed by atoms with Crippen LogP contribution in [0.25, 0.3) is 0 Å². The van der Waals surface area contributed by atoms with Crippen LogP contribution in [0, 0.1) is 5.92 Å². The Labute approximate surface area is 182 Å². The molecule has 0 aliphatic rings. The van der Waals surface area contributed by atoms with Gasteiger partial charge < -0.3 is 14.6 Å². The Bertz CT molecular complexity index is 716. The van der Waals surface area contributed by atoms with Crippen LogP contribution >= 0.6 is 39.5 Å². The van der Waals surface area contributed by atoms with Gasteiger partial charge in [0.05, 0.1) is 19.3 Å². The van der Waals surface area contributed by atoms with Gasteiger partial charge in [0.2, 0.25) is 0 Å². The molecule has 154 valence electrons. The minimum atomic E-state index is -1.21. The number of nitrogens with zero attached hydrogens (tertiary/aromatic N) is 1. The lowest BCUT2D eigenvalue weighted by atomic mass is 9.94. The molecule has 1 rings (SSSR count). The highest BCUT2D eigenvalue weighted by Crippen LogP contribution is 2.28. The molecule has 6 nitrogen and oxygen atoms in total. The smallest absolute Gasteiger partial charge is 0.356 e. The number of aliphatic hydroxyl groups excluding tert-OH is 1. The van der Waals surface area contributed by atoms with Crippen molar-refractivity contribution in [3.63, 3.8) is 0 Å². The first-order valence-corrected chi connectivity index (χ1v) is 11.8. The molecular formula is C19H24BrNO5S2. The molecule has 0 aliphatic heterocycles. The molecule has 28 heavy (non-hydrogen) atoms. The summed E-state index contributed by atoms with van der Waals surface area (Å²) in [6.07, 6.45) is 3.77. The van der Waals surface area contributed by atoms with Gasteiger partial charge in [0, 0.05) is 4.47 Å². The maximum Gasteiger partial charge on any atom is 0.356 e. The van der Waals surface area contributed by atoms with Crippen molar-refractivity contribution in [2.24, 2.45) is 10.9 Å². The molecule has 0 radical (unpaired) electrons. The molecule has 0 spiro atoms. The van der Waals surface area contributed by atoms with E-state index in [1.165, 1.54) is 29.6 Å². The highest BCUT2D eigenvalue weighted by molar-refractivity contribution is 9.10. The minimum Gasteiger partial charge on any atom is -0.465 e. The van der Waals surface area contributed by atoms with Gasteiger partial charge in [-0.05, 0) is 50.1 Å². The number of ether oxygens (including phenoxy) is 2. The first-order valence-electron chi connectivity index (χ1n) is 8.53. The van der Waals surface area contributed by atoms with E-state index in [9.17, 15) is 14.7 Å². The van der Waals surface area contributed by atoms with Crippen LogP contribution in [0.3, 0.4) is 0 Å². The molecule has 0 aromatic heterocycles. The summed E-state index contributed by atoms with van der Waals surface area (Å²) in [5.74, 6) is -2.43. The van der Waals surface area contributed by atoms with Crippen molar-refractivity contribution >= 4 is 55.8 Å².